The molecule has 2 aromatic heterocycles. The molecule has 0 aliphatic heterocycles. The van der Waals surface area contributed by atoms with Crippen molar-refractivity contribution in [1.82, 2.24) is 4.98 Å². The molecule has 152 valence electrons. The standard InChI is InChI=1S/C24H22N2O2S2/c1-29-20-10-11-21-22(14-20)30-24(25-21)26(15-19-7-4-12-28-19)23(27)18-9-8-16-5-2-3-6-17(16)13-18/h4,7-14H,2-3,5-6,15H2,1H3. The van der Waals surface area contributed by atoms with Gasteiger partial charge in [-0.15, -0.1) is 11.8 Å². The summed E-state index contributed by atoms with van der Waals surface area (Å²) in [5, 5.41) is 0.697. The summed E-state index contributed by atoms with van der Waals surface area (Å²) in [4.78, 5) is 21.3. The lowest BCUT2D eigenvalue weighted by atomic mass is 9.90. The number of anilines is 1. The largest absolute Gasteiger partial charge is 0.467 e. The van der Waals surface area contributed by atoms with Crippen LogP contribution in [0.3, 0.4) is 0 Å². The fraction of sp³-hybridized carbons (Fsp3) is 0.250. The summed E-state index contributed by atoms with van der Waals surface area (Å²) >= 11 is 3.25. The van der Waals surface area contributed by atoms with Crippen LogP contribution in [0, 0.1) is 0 Å². The summed E-state index contributed by atoms with van der Waals surface area (Å²) in [6, 6.07) is 16.1. The van der Waals surface area contributed by atoms with Crippen LogP contribution in [-0.2, 0) is 19.4 Å². The minimum atomic E-state index is -0.0380. The van der Waals surface area contributed by atoms with E-state index >= 15 is 0 Å². The quantitative estimate of drug-likeness (QED) is 0.344. The number of thioether (sulfide) groups is 1. The van der Waals surface area contributed by atoms with E-state index in [2.05, 4.69) is 30.5 Å². The van der Waals surface area contributed by atoms with Crippen molar-refractivity contribution in [3.63, 3.8) is 0 Å². The van der Waals surface area contributed by atoms with Gasteiger partial charge in [-0.25, -0.2) is 4.98 Å². The van der Waals surface area contributed by atoms with Crippen molar-refractivity contribution >= 4 is 44.4 Å². The molecule has 1 aliphatic rings. The first-order valence-corrected chi connectivity index (χ1v) is 12.2. The van der Waals surface area contributed by atoms with E-state index in [1.54, 1.807) is 34.3 Å². The number of benzene rings is 2. The summed E-state index contributed by atoms with van der Waals surface area (Å²) in [5.41, 5.74) is 4.31. The second kappa shape index (κ2) is 8.28. The van der Waals surface area contributed by atoms with Gasteiger partial charge in [-0.1, -0.05) is 17.4 Å². The number of amides is 1. The molecule has 1 aliphatic carbocycles. The van der Waals surface area contributed by atoms with E-state index in [4.69, 9.17) is 9.40 Å². The average Bonchev–Trinajstić information content (AvgIpc) is 3.45. The molecule has 0 unspecified atom stereocenters. The van der Waals surface area contributed by atoms with Gasteiger partial charge in [0.2, 0.25) is 0 Å². The van der Waals surface area contributed by atoms with E-state index in [1.807, 2.05) is 24.3 Å². The predicted molar refractivity (Wildman–Crippen MR) is 124 cm³/mol. The van der Waals surface area contributed by atoms with Gasteiger partial charge in [-0.05, 0) is 85.5 Å². The molecule has 0 bridgehead atoms. The Morgan fingerprint density at radius 3 is 2.80 bits per heavy atom. The summed E-state index contributed by atoms with van der Waals surface area (Å²) < 4.78 is 6.64. The van der Waals surface area contributed by atoms with Crippen LogP contribution in [0.25, 0.3) is 10.2 Å². The Kier molecular flexibility index (Phi) is 5.35. The lowest BCUT2D eigenvalue weighted by Crippen LogP contribution is -2.30. The zero-order valence-electron chi connectivity index (χ0n) is 16.8. The van der Waals surface area contributed by atoms with Crippen LogP contribution in [0.4, 0.5) is 5.13 Å². The highest BCUT2D eigenvalue weighted by molar-refractivity contribution is 7.98. The van der Waals surface area contributed by atoms with E-state index in [0.717, 1.165) is 28.8 Å². The summed E-state index contributed by atoms with van der Waals surface area (Å²) in [7, 11) is 0. The summed E-state index contributed by atoms with van der Waals surface area (Å²) in [6.45, 7) is 0.359. The van der Waals surface area contributed by atoms with Gasteiger partial charge in [0.05, 0.1) is 23.0 Å². The molecule has 5 rings (SSSR count). The zero-order valence-corrected chi connectivity index (χ0v) is 18.4. The highest BCUT2D eigenvalue weighted by atomic mass is 32.2. The number of aryl methyl sites for hydroxylation is 2. The van der Waals surface area contributed by atoms with Crippen LogP contribution in [0.5, 0.6) is 0 Å². The van der Waals surface area contributed by atoms with Gasteiger partial charge in [-0.3, -0.25) is 9.69 Å². The maximum atomic E-state index is 13.6. The second-order valence-electron chi connectivity index (χ2n) is 7.49. The van der Waals surface area contributed by atoms with Gasteiger partial charge in [0.15, 0.2) is 5.13 Å². The predicted octanol–water partition coefficient (Wildman–Crippen LogP) is 6.34. The smallest absolute Gasteiger partial charge is 0.260 e. The molecule has 0 saturated heterocycles. The molecule has 30 heavy (non-hydrogen) atoms. The van der Waals surface area contributed by atoms with Gasteiger partial charge < -0.3 is 4.42 Å². The van der Waals surface area contributed by atoms with Crippen LogP contribution >= 0.6 is 23.1 Å². The highest BCUT2D eigenvalue weighted by Crippen LogP contribution is 2.33. The molecule has 0 spiro atoms. The lowest BCUT2D eigenvalue weighted by Gasteiger charge is -2.21. The first-order chi connectivity index (χ1) is 14.7. The molecular formula is C24H22N2O2S2. The number of hydrogen-bond donors (Lipinski definition) is 0. The Morgan fingerprint density at radius 2 is 2.00 bits per heavy atom. The van der Waals surface area contributed by atoms with E-state index in [9.17, 15) is 4.79 Å². The summed E-state index contributed by atoms with van der Waals surface area (Å²) in [6.07, 6.45) is 8.28. The van der Waals surface area contributed by atoms with Crippen molar-refractivity contribution in [2.24, 2.45) is 0 Å². The number of carbonyl (C=O) groups excluding carboxylic acids is 1. The number of rotatable bonds is 5. The van der Waals surface area contributed by atoms with E-state index in [0.29, 0.717) is 17.2 Å². The number of fused-ring (bicyclic) bond motifs is 2. The first kappa shape index (κ1) is 19.4. The van der Waals surface area contributed by atoms with Crippen molar-refractivity contribution in [1.29, 1.82) is 0 Å². The van der Waals surface area contributed by atoms with Crippen LogP contribution < -0.4 is 4.90 Å². The zero-order chi connectivity index (χ0) is 20.5. The minimum Gasteiger partial charge on any atom is -0.467 e. The first-order valence-electron chi connectivity index (χ1n) is 10.1. The number of aromatic nitrogens is 1. The van der Waals surface area contributed by atoms with Gasteiger partial charge in [0.1, 0.15) is 5.76 Å². The Labute approximate surface area is 183 Å². The Bertz CT molecular complexity index is 1200. The fourth-order valence-corrected chi connectivity index (χ4v) is 5.46. The molecule has 0 radical (unpaired) electrons. The number of nitrogens with zero attached hydrogens (tertiary/aromatic N) is 2. The minimum absolute atomic E-state index is 0.0380. The Balaban J connectivity index is 1.54. The van der Waals surface area contributed by atoms with Gasteiger partial charge in [-0.2, -0.15) is 0 Å². The maximum absolute atomic E-state index is 13.6. The van der Waals surface area contributed by atoms with Crippen molar-refractivity contribution in [3.05, 3.63) is 77.2 Å². The van der Waals surface area contributed by atoms with Crippen molar-refractivity contribution in [2.75, 3.05) is 11.2 Å². The molecule has 0 N–H and O–H groups in total. The molecule has 6 heteroatoms. The van der Waals surface area contributed by atoms with Crippen molar-refractivity contribution in [2.45, 2.75) is 37.1 Å². The second-order valence-corrected chi connectivity index (χ2v) is 9.38. The molecule has 2 heterocycles. The van der Waals surface area contributed by atoms with Gasteiger partial charge >= 0.3 is 0 Å². The lowest BCUT2D eigenvalue weighted by molar-refractivity contribution is 0.0983. The topological polar surface area (TPSA) is 46.3 Å². The van der Waals surface area contributed by atoms with Crippen LogP contribution in [0.2, 0.25) is 0 Å². The van der Waals surface area contributed by atoms with Gasteiger partial charge in [0.25, 0.3) is 5.91 Å². The van der Waals surface area contributed by atoms with E-state index in [1.165, 1.54) is 28.9 Å². The molecular weight excluding hydrogens is 412 g/mol. The molecule has 1 amide bonds. The fourth-order valence-electron chi connectivity index (χ4n) is 3.94. The number of carbonyl (C=O) groups is 1. The van der Waals surface area contributed by atoms with Crippen LogP contribution in [-0.4, -0.2) is 17.1 Å². The number of hydrogen-bond acceptors (Lipinski definition) is 5. The molecule has 0 atom stereocenters. The molecule has 2 aromatic carbocycles. The third-order valence-electron chi connectivity index (χ3n) is 5.55. The normalized spacial score (nSPS) is 13.4. The highest BCUT2D eigenvalue weighted by Gasteiger charge is 2.24. The van der Waals surface area contributed by atoms with Crippen molar-refractivity contribution in [3.8, 4) is 0 Å². The molecule has 4 nitrogen and oxygen atoms in total. The van der Waals surface area contributed by atoms with Crippen molar-refractivity contribution < 1.29 is 9.21 Å². The van der Waals surface area contributed by atoms with Crippen LogP contribution in [0.15, 0.2) is 64.1 Å². The molecule has 4 aromatic rings. The average molecular weight is 435 g/mol. The monoisotopic (exact) mass is 434 g/mol. The number of furan rings is 1. The third-order valence-corrected chi connectivity index (χ3v) is 7.32. The SMILES string of the molecule is CSc1ccc2nc(N(Cc3ccco3)C(=O)c3ccc4c(c3)CCCC4)sc2c1. The Morgan fingerprint density at radius 1 is 1.13 bits per heavy atom. The van der Waals surface area contributed by atoms with Crippen LogP contribution in [0.1, 0.15) is 40.1 Å². The molecule has 0 saturated carbocycles. The van der Waals surface area contributed by atoms with E-state index in [-0.39, 0.29) is 5.91 Å². The maximum Gasteiger partial charge on any atom is 0.260 e. The third kappa shape index (κ3) is 3.77. The Hall–Kier alpha value is -2.57. The number of thiazole rings is 1. The van der Waals surface area contributed by atoms with Gasteiger partial charge in [0, 0.05) is 10.5 Å². The van der Waals surface area contributed by atoms with E-state index < -0.39 is 0 Å². The summed E-state index contributed by atoms with van der Waals surface area (Å²) in [5.74, 6) is 0.703. The molecule has 0 fully saturated rings.